The maximum Gasteiger partial charge on any atom is 0.220 e. The van der Waals surface area contributed by atoms with E-state index in [9.17, 15) is 15.0 Å². The lowest BCUT2D eigenvalue weighted by atomic mass is 9.99. The van der Waals surface area contributed by atoms with Crippen molar-refractivity contribution in [3.63, 3.8) is 0 Å². The van der Waals surface area contributed by atoms with E-state index in [2.05, 4.69) is 26.1 Å². The van der Waals surface area contributed by atoms with E-state index < -0.39 is 12.1 Å². The number of hydrogen-bond acceptors (Lipinski definition) is 3. The Labute approximate surface area is 257 Å². The highest BCUT2D eigenvalue weighted by Crippen LogP contribution is 2.17. The second kappa shape index (κ2) is 32.3. The van der Waals surface area contributed by atoms with Gasteiger partial charge in [0, 0.05) is 6.42 Å². The van der Waals surface area contributed by atoms with E-state index in [1.807, 2.05) is 0 Å². The second-order valence-corrected chi connectivity index (χ2v) is 13.2. The Hall–Kier alpha value is -0.610. The summed E-state index contributed by atoms with van der Waals surface area (Å²) in [7, 11) is 0. The minimum Gasteiger partial charge on any atom is -0.394 e. The molecule has 1 amide bonds. The van der Waals surface area contributed by atoms with Gasteiger partial charge in [0.1, 0.15) is 0 Å². The van der Waals surface area contributed by atoms with Crippen molar-refractivity contribution in [3.05, 3.63) is 0 Å². The van der Waals surface area contributed by atoms with Crippen LogP contribution in [0.3, 0.4) is 0 Å². The topological polar surface area (TPSA) is 69.6 Å². The maximum atomic E-state index is 12.3. The van der Waals surface area contributed by atoms with E-state index in [1.54, 1.807) is 0 Å². The molecule has 4 nitrogen and oxygen atoms in total. The van der Waals surface area contributed by atoms with Gasteiger partial charge in [0.15, 0.2) is 0 Å². The molecule has 3 atom stereocenters. The number of carbonyl (C=O) groups excluding carboxylic acids is 1. The lowest BCUT2D eigenvalue weighted by molar-refractivity contribution is -0.123. The molecule has 41 heavy (non-hydrogen) atoms. The first-order valence-electron chi connectivity index (χ1n) is 18.6. The average Bonchev–Trinajstić information content (AvgIpc) is 2.98. The zero-order chi connectivity index (χ0) is 30.2. The quantitative estimate of drug-likeness (QED) is 0.0675. The van der Waals surface area contributed by atoms with E-state index in [0.29, 0.717) is 12.8 Å². The fourth-order valence-corrected chi connectivity index (χ4v) is 5.87. The number of amides is 1. The number of unbranched alkanes of at least 4 members (excludes halogenated alkanes) is 23. The molecule has 0 saturated carbocycles. The molecule has 0 aromatic heterocycles. The molecule has 0 aliphatic heterocycles. The molecule has 3 unspecified atom stereocenters. The van der Waals surface area contributed by atoms with Crippen LogP contribution in [0.2, 0.25) is 0 Å². The molecule has 3 N–H and O–H groups in total. The molecule has 0 radical (unpaired) electrons. The van der Waals surface area contributed by atoms with Crippen LogP contribution in [0.1, 0.15) is 207 Å². The fraction of sp³-hybridized carbons (Fsp3) is 0.973. The molecule has 0 aliphatic carbocycles. The normalized spacial score (nSPS) is 13.8. The monoisotopic (exact) mass is 582 g/mol. The minimum atomic E-state index is -0.653. The molecule has 0 rings (SSSR count). The van der Waals surface area contributed by atoms with Gasteiger partial charge in [0.25, 0.3) is 0 Å². The van der Waals surface area contributed by atoms with E-state index in [4.69, 9.17) is 0 Å². The van der Waals surface area contributed by atoms with E-state index in [-0.39, 0.29) is 12.5 Å². The highest BCUT2D eigenvalue weighted by molar-refractivity contribution is 5.76. The van der Waals surface area contributed by atoms with Crippen molar-refractivity contribution in [2.24, 2.45) is 5.92 Å². The number of rotatable bonds is 33. The SMILES string of the molecule is CCCCCCCCCCCCCCCCCCCC(=O)NC(CO)C(O)CCCCCCCCCCC(C)CC. The molecule has 0 spiro atoms. The Kier molecular flexibility index (Phi) is 31.8. The van der Waals surface area contributed by atoms with Crippen LogP contribution >= 0.6 is 0 Å². The molecule has 0 aromatic carbocycles. The molecular weight excluding hydrogens is 506 g/mol. The first-order valence-corrected chi connectivity index (χ1v) is 18.6. The summed E-state index contributed by atoms with van der Waals surface area (Å²) in [6.45, 7) is 6.72. The van der Waals surface area contributed by atoms with Crippen LogP contribution in [0.4, 0.5) is 0 Å². The summed E-state index contributed by atoms with van der Waals surface area (Å²) >= 11 is 0. The van der Waals surface area contributed by atoms with Crippen molar-refractivity contribution < 1.29 is 15.0 Å². The van der Waals surface area contributed by atoms with Crippen molar-refractivity contribution in [1.82, 2.24) is 5.32 Å². The summed E-state index contributed by atoms with van der Waals surface area (Å²) in [5.74, 6) is 0.843. The second-order valence-electron chi connectivity index (χ2n) is 13.2. The van der Waals surface area contributed by atoms with Gasteiger partial charge in [-0.1, -0.05) is 188 Å². The summed E-state index contributed by atoms with van der Waals surface area (Å²) in [5.41, 5.74) is 0. The first-order chi connectivity index (χ1) is 20.0. The average molecular weight is 582 g/mol. The Morgan fingerprint density at radius 3 is 1.32 bits per heavy atom. The third kappa shape index (κ3) is 29.2. The van der Waals surface area contributed by atoms with Gasteiger partial charge in [-0.3, -0.25) is 4.79 Å². The largest absolute Gasteiger partial charge is 0.394 e. The molecule has 0 fully saturated rings. The van der Waals surface area contributed by atoms with Crippen molar-refractivity contribution >= 4 is 5.91 Å². The highest BCUT2D eigenvalue weighted by Gasteiger charge is 2.19. The smallest absolute Gasteiger partial charge is 0.220 e. The summed E-state index contributed by atoms with van der Waals surface area (Å²) in [5, 5.41) is 23.0. The number of hydrogen-bond donors (Lipinski definition) is 3. The van der Waals surface area contributed by atoms with Gasteiger partial charge in [-0.05, 0) is 18.8 Å². The van der Waals surface area contributed by atoms with E-state index in [1.165, 1.54) is 148 Å². The first kappa shape index (κ1) is 40.4. The van der Waals surface area contributed by atoms with E-state index >= 15 is 0 Å². The number of carbonyl (C=O) groups is 1. The van der Waals surface area contributed by atoms with Gasteiger partial charge in [-0.15, -0.1) is 0 Å². The van der Waals surface area contributed by atoms with Crippen LogP contribution < -0.4 is 5.32 Å². The molecule has 4 heteroatoms. The molecule has 0 heterocycles. The van der Waals surface area contributed by atoms with E-state index in [0.717, 1.165) is 31.6 Å². The number of aliphatic hydroxyl groups is 2. The Bertz CT molecular complexity index is 526. The highest BCUT2D eigenvalue weighted by atomic mass is 16.3. The van der Waals surface area contributed by atoms with Crippen molar-refractivity contribution in [2.45, 2.75) is 219 Å². The third-order valence-corrected chi connectivity index (χ3v) is 9.16. The molecular formula is C37H75NO3. The maximum absolute atomic E-state index is 12.3. The lowest BCUT2D eigenvalue weighted by Gasteiger charge is -2.22. The minimum absolute atomic E-state index is 0.0302. The molecule has 0 saturated heterocycles. The zero-order valence-electron chi connectivity index (χ0n) is 28.2. The number of nitrogens with one attached hydrogen (secondary N) is 1. The molecule has 0 bridgehead atoms. The van der Waals surface area contributed by atoms with Crippen LogP contribution in [-0.2, 0) is 4.79 Å². The fourth-order valence-electron chi connectivity index (χ4n) is 5.87. The zero-order valence-corrected chi connectivity index (χ0v) is 28.2. The Morgan fingerprint density at radius 2 is 0.927 bits per heavy atom. The van der Waals surface area contributed by atoms with Gasteiger partial charge in [-0.25, -0.2) is 0 Å². The van der Waals surface area contributed by atoms with Gasteiger partial charge in [0.05, 0.1) is 18.8 Å². The predicted octanol–water partition coefficient (Wildman–Crippen LogP) is 10.8. The standard InChI is InChI=1S/C37H75NO3/c1-4-6-7-8-9-10-11-12-13-14-15-16-17-18-23-26-29-32-37(41)38-35(33-39)36(40)31-28-25-22-20-19-21-24-27-30-34(3)5-2/h34-36,39-40H,4-33H2,1-3H3,(H,38,41). The van der Waals surface area contributed by atoms with Gasteiger partial charge >= 0.3 is 0 Å². The third-order valence-electron chi connectivity index (χ3n) is 9.16. The van der Waals surface area contributed by atoms with Gasteiger partial charge in [-0.2, -0.15) is 0 Å². The van der Waals surface area contributed by atoms with Crippen LogP contribution in [0.15, 0.2) is 0 Å². The van der Waals surface area contributed by atoms with Crippen LogP contribution in [0.5, 0.6) is 0 Å². The summed E-state index contributed by atoms with van der Waals surface area (Å²) in [6.07, 6.45) is 35.8. The molecule has 246 valence electrons. The lowest BCUT2D eigenvalue weighted by Crippen LogP contribution is -2.45. The van der Waals surface area contributed by atoms with Gasteiger partial charge < -0.3 is 15.5 Å². The van der Waals surface area contributed by atoms with Crippen LogP contribution in [0.25, 0.3) is 0 Å². The Balaban J connectivity index is 3.53. The number of aliphatic hydroxyl groups excluding tert-OH is 2. The Morgan fingerprint density at radius 1 is 0.561 bits per heavy atom. The van der Waals surface area contributed by atoms with Gasteiger partial charge in [0.2, 0.25) is 5.91 Å². The van der Waals surface area contributed by atoms with Crippen molar-refractivity contribution in [3.8, 4) is 0 Å². The summed E-state index contributed by atoms with van der Waals surface area (Å²) in [6, 6.07) is -0.529. The van der Waals surface area contributed by atoms with Crippen molar-refractivity contribution in [1.29, 1.82) is 0 Å². The summed E-state index contributed by atoms with van der Waals surface area (Å²) in [4.78, 5) is 12.3. The summed E-state index contributed by atoms with van der Waals surface area (Å²) < 4.78 is 0. The molecule has 0 aliphatic rings. The predicted molar refractivity (Wildman–Crippen MR) is 179 cm³/mol. The molecule has 0 aromatic rings. The van der Waals surface area contributed by atoms with Crippen LogP contribution in [-0.4, -0.2) is 34.9 Å². The van der Waals surface area contributed by atoms with Crippen LogP contribution in [0, 0.1) is 5.92 Å². The van der Waals surface area contributed by atoms with Crippen molar-refractivity contribution in [2.75, 3.05) is 6.61 Å².